The topological polar surface area (TPSA) is 44.4 Å². The van der Waals surface area contributed by atoms with Gasteiger partial charge in [-0.05, 0) is 38.4 Å². The molecule has 122 valence electrons. The van der Waals surface area contributed by atoms with Crippen LogP contribution >= 0.6 is 0 Å². The summed E-state index contributed by atoms with van der Waals surface area (Å²) in [5, 5.41) is 6.44. The lowest BCUT2D eigenvalue weighted by atomic mass is 10.0. The van der Waals surface area contributed by atoms with E-state index < -0.39 is 0 Å². The first-order valence-corrected chi connectivity index (χ1v) is 8.49. The summed E-state index contributed by atoms with van der Waals surface area (Å²) < 4.78 is 0. The fourth-order valence-corrected chi connectivity index (χ4v) is 3.09. The molecule has 4 nitrogen and oxygen atoms in total. The van der Waals surface area contributed by atoms with Gasteiger partial charge in [-0.15, -0.1) is 0 Å². The first kappa shape index (κ1) is 17.0. The third kappa shape index (κ3) is 5.11. The Hall–Kier alpha value is -1.39. The summed E-state index contributed by atoms with van der Waals surface area (Å²) in [7, 11) is 0. The zero-order valence-electron chi connectivity index (χ0n) is 13.8. The van der Waals surface area contributed by atoms with Crippen molar-refractivity contribution in [3.8, 4) is 0 Å². The Bertz CT molecular complexity index is 449. The predicted molar refractivity (Wildman–Crippen MR) is 90.6 cm³/mol. The second-order valence-electron chi connectivity index (χ2n) is 6.17. The number of carbonyl (C=O) groups excluding carboxylic acids is 1. The van der Waals surface area contributed by atoms with Gasteiger partial charge in [0, 0.05) is 19.1 Å². The predicted octanol–water partition coefficient (Wildman–Crippen LogP) is 2.16. The van der Waals surface area contributed by atoms with Crippen molar-refractivity contribution in [2.75, 3.05) is 19.6 Å². The fourth-order valence-electron chi connectivity index (χ4n) is 3.09. The molecule has 1 unspecified atom stereocenters. The molecule has 0 aliphatic carbocycles. The molecular formula is C18H29N3O. The van der Waals surface area contributed by atoms with E-state index in [1.807, 2.05) is 6.07 Å². The van der Waals surface area contributed by atoms with Gasteiger partial charge in [0.05, 0.1) is 6.04 Å². The van der Waals surface area contributed by atoms with E-state index in [1.165, 1.54) is 12.0 Å². The van der Waals surface area contributed by atoms with Crippen LogP contribution in [0, 0.1) is 0 Å². The highest BCUT2D eigenvalue weighted by Crippen LogP contribution is 2.19. The molecule has 0 bridgehead atoms. The second kappa shape index (κ2) is 8.91. The van der Waals surface area contributed by atoms with E-state index in [4.69, 9.17) is 0 Å². The number of nitrogens with zero attached hydrogens (tertiary/aromatic N) is 1. The van der Waals surface area contributed by atoms with Crippen LogP contribution in [0.15, 0.2) is 30.3 Å². The molecule has 22 heavy (non-hydrogen) atoms. The summed E-state index contributed by atoms with van der Waals surface area (Å²) in [6, 6.07) is 10.8. The molecule has 0 saturated carbocycles. The van der Waals surface area contributed by atoms with Crippen LogP contribution in [0.4, 0.5) is 0 Å². The van der Waals surface area contributed by atoms with E-state index in [1.54, 1.807) is 0 Å². The average Bonchev–Trinajstić information content (AvgIpc) is 2.54. The van der Waals surface area contributed by atoms with E-state index in [0.29, 0.717) is 12.6 Å². The van der Waals surface area contributed by atoms with Crippen LogP contribution in [-0.2, 0) is 11.3 Å². The molecule has 0 spiro atoms. The molecule has 1 heterocycles. The van der Waals surface area contributed by atoms with E-state index in [2.05, 4.69) is 53.6 Å². The van der Waals surface area contributed by atoms with Crippen molar-refractivity contribution >= 4 is 5.91 Å². The molecule has 1 aliphatic rings. The first-order chi connectivity index (χ1) is 10.7. The molecule has 2 atom stereocenters. The number of nitrogens with one attached hydrogen (secondary N) is 2. The van der Waals surface area contributed by atoms with Crippen LogP contribution in [0.5, 0.6) is 0 Å². The number of hydrogen-bond acceptors (Lipinski definition) is 3. The zero-order valence-corrected chi connectivity index (χ0v) is 13.8. The molecule has 0 aromatic heterocycles. The smallest absolute Gasteiger partial charge is 0.237 e. The highest BCUT2D eigenvalue weighted by atomic mass is 16.2. The molecule has 1 amide bonds. The van der Waals surface area contributed by atoms with Crippen LogP contribution in [0.1, 0.15) is 38.7 Å². The van der Waals surface area contributed by atoms with Crippen LogP contribution in [-0.4, -0.2) is 42.5 Å². The Labute approximate surface area is 134 Å². The summed E-state index contributed by atoms with van der Waals surface area (Å²) in [4.78, 5) is 14.9. The van der Waals surface area contributed by atoms with Crippen LogP contribution in [0.2, 0.25) is 0 Å². The van der Waals surface area contributed by atoms with Gasteiger partial charge in [-0.2, -0.15) is 0 Å². The maximum Gasteiger partial charge on any atom is 0.237 e. The van der Waals surface area contributed by atoms with Gasteiger partial charge in [0.1, 0.15) is 0 Å². The van der Waals surface area contributed by atoms with Gasteiger partial charge >= 0.3 is 0 Å². The number of rotatable bonds is 7. The monoisotopic (exact) mass is 303 g/mol. The number of benzene rings is 1. The van der Waals surface area contributed by atoms with E-state index in [-0.39, 0.29) is 11.9 Å². The lowest BCUT2D eigenvalue weighted by molar-refractivity contribution is -0.128. The SMILES string of the molecule is CCN[C@H](C)CNC(=O)C1CCCCN1Cc1ccccc1. The van der Waals surface area contributed by atoms with E-state index in [0.717, 1.165) is 32.5 Å². The highest BCUT2D eigenvalue weighted by Gasteiger charge is 2.28. The maximum atomic E-state index is 12.5. The molecule has 0 radical (unpaired) electrons. The number of hydrogen-bond donors (Lipinski definition) is 2. The summed E-state index contributed by atoms with van der Waals surface area (Å²) in [5.41, 5.74) is 1.28. The van der Waals surface area contributed by atoms with Crippen molar-refractivity contribution in [2.45, 2.75) is 51.7 Å². The molecule has 1 aromatic carbocycles. The van der Waals surface area contributed by atoms with Gasteiger partial charge in [0.25, 0.3) is 0 Å². The second-order valence-corrected chi connectivity index (χ2v) is 6.17. The summed E-state index contributed by atoms with van der Waals surface area (Å²) in [6.07, 6.45) is 3.30. The highest BCUT2D eigenvalue weighted by molar-refractivity contribution is 5.81. The summed E-state index contributed by atoms with van der Waals surface area (Å²) in [5.74, 6) is 0.181. The van der Waals surface area contributed by atoms with Gasteiger partial charge < -0.3 is 10.6 Å². The van der Waals surface area contributed by atoms with Crippen molar-refractivity contribution in [2.24, 2.45) is 0 Å². The van der Waals surface area contributed by atoms with Crippen molar-refractivity contribution in [3.63, 3.8) is 0 Å². The summed E-state index contributed by atoms with van der Waals surface area (Å²) >= 11 is 0. The fraction of sp³-hybridized carbons (Fsp3) is 0.611. The normalized spacial score (nSPS) is 20.5. The molecule has 1 saturated heterocycles. The van der Waals surface area contributed by atoms with Crippen molar-refractivity contribution < 1.29 is 4.79 Å². The van der Waals surface area contributed by atoms with Gasteiger partial charge in [-0.1, -0.05) is 43.7 Å². The zero-order chi connectivity index (χ0) is 15.8. The standard InChI is InChI=1S/C18H29N3O/c1-3-19-15(2)13-20-18(22)17-11-7-8-12-21(17)14-16-9-5-4-6-10-16/h4-6,9-10,15,17,19H,3,7-8,11-14H2,1-2H3,(H,20,22)/t15-,17?/m1/s1. The summed E-state index contributed by atoms with van der Waals surface area (Å²) in [6.45, 7) is 7.69. The van der Waals surface area contributed by atoms with Crippen molar-refractivity contribution in [1.82, 2.24) is 15.5 Å². The number of carbonyl (C=O) groups is 1. The number of likely N-dealkylation sites (N-methyl/N-ethyl adjacent to an activating group) is 1. The molecule has 2 rings (SSSR count). The lowest BCUT2D eigenvalue weighted by Gasteiger charge is -2.35. The van der Waals surface area contributed by atoms with Crippen molar-refractivity contribution in [3.05, 3.63) is 35.9 Å². The van der Waals surface area contributed by atoms with Gasteiger partial charge in [-0.25, -0.2) is 0 Å². The minimum absolute atomic E-state index is 0.0165. The molecule has 1 aromatic rings. The Balaban J connectivity index is 1.90. The number of likely N-dealkylation sites (tertiary alicyclic amines) is 1. The van der Waals surface area contributed by atoms with Crippen LogP contribution in [0.3, 0.4) is 0 Å². The molecule has 1 fully saturated rings. The molecule has 4 heteroatoms. The average molecular weight is 303 g/mol. The van der Waals surface area contributed by atoms with Gasteiger partial charge in [0.15, 0.2) is 0 Å². The first-order valence-electron chi connectivity index (χ1n) is 8.49. The van der Waals surface area contributed by atoms with Crippen molar-refractivity contribution in [1.29, 1.82) is 0 Å². The maximum absolute atomic E-state index is 12.5. The molecule has 1 aliphatic heterocycles. The largest absolute Gasteiger partial charge is 0.353 e. The molecule has 2 N–H and O–H groups in total. The Morgan fingerprint density at radius 3 is 2.82 bits per heavy atom. The Morgan fingerprint density at radius 2 is 2.09 bits per heavy atom. The molecular weight excluding hydrogens is 274 g/mol. The number of piperidine rings is 1. The quantitative estimate of drug-likeness (QED) is 0.811. The van der Waals surface area contributed by atoms with Crippen LogP contribution < -0.4 is 10.6 Å². The number of amides is 1. The Morgan fingerprint density at radius 1 is 1.32 bits per heavy atom. The third-order valence-corrected chi connectivity index (χ3v) is 4.28. The third-order valence-electron chi connectivity index (χ3n) is 4.28. The minimum atomic E-state index is 0.0165. The lowest BCUT2D eigenvalue weighted by Crippen LogP contribution is -2.51. The minimum Gasteiger partial charge on any atom is -0.353 e. The van der Waals surface area contributed by atoms with Gasteiger partial charge in [-0.3, -0.25) is 9.69 Å². The van der Waals surface area contributed by atoms with Gasteiger partial charge in [0.2, 0.25) is 5.91 Å². The van der Waals surface area contributed by atoms with E-state index in [9.17, 15) is 4.79 Å². The Kier molecular flexibility index (Phi) is 6.87. The van der Waals surface area contributed by atoms with E-state index >= 15 is 0 Å². The van der Waals surface area contributed by atoms with Crippen LogP contribution in [0.25, 0.3) is 0 Å².